The number of unbranched alkanes of at least 4 members (excludes halogenated alkanes) is 1. The van der Waals surface area contributed by atoms with Crippen LogP contribution in [-0.4, -0.2) is 30.6 Å². The Morgan fingerprint density at radius 3 is 2.40 bits per heavy atom. The van der Waals surface area contributed by atoms with Gasteiger partial charge in [0.25, 0.3) is 0 Å². The van der Waals surface area contributed by atoms with Crippen molar-refractivity contribution in [1.82, 2.24) is 4.90 Å². The molecule has 0 saturated heterocycles. The number of hydrogen-bond donors (Lipinski definition) is 1. The first-order valence-corrected chi connectivity index (χ1v) is 6.68. The Morgan fingerprint density at radius 1 is 1.20 bits per heavy atom. The number of nitrogens with two attached hydrogens (primary N) is 1. The summed E-state index contributed by atoms with van der Waals surface area (Å²) in [4.78, 5) is 2.72. The normalized spacial score (nSPS) is 18.2. The van der Waals surface area contributed by atoms with Crippen LogP contribution in [0.1, 0.15) is 52.4 Å². The number of rotatable bonds is 7. The summed E-state index contributed by atoms with van der Waals surface area (Å²) in [7, 11) is 0. The van der Waals surface area contributed by atoms with Crippen molar-refractivity contribution in [1.29, 1.82) is 0 Å². The summed E-state index contributed by atoms with van der Waals surface area (Å²) in [5, 5.41) is 0. The third kappa shape index (κ3) is 4.98. The van der Waals surface area contributed by atoms with Crippen LogP contribution in [-0.2, 0) is 0 Å². The van der Waals surface area contributed by atoms with Gasteiger partial charge in [-0.25, -0.2) is 0 Å². The van der Waals surface area contributed by atoms with Crippen LogP contribution in [0.4, 0.5) is 0 Å². The monoisotopic (exact) mass is 212 g/mol. The van der Waals surface area contributed by atoms with Gasteiger partial charge in [0.2, 0.25) is 0 Å². The van der Waals surface area contributed by atoms with Crippen molar-refractivity contribution < 1.29 is 0 Å². The van der Waals surface area contributed by atoms with Gasteiger partial charge >= 0.3 is 0 Å². The lowest BCUT2D eigenvalue weighted by atomic mass is 10.1. The molecule has 0 bridgehead atoms. The van der Waals surface area contributed by atoms with E-state index in [4.69, 9.17) is 5.73 Å². The molecule has 0 atom stereocenters. The van der Waals surface area contributed by atoms with Gasteiger partial charge in [0, 0.05) is 12.6 Å². The first-order chi connectivity index (χ1) is 7.24. The minimum absolute atomic E-state index is 0.795. The van der Waals surface area contributed by atoms with Crippen molar-refractivity contribution in [2.24, 2.45) is 11.7 Å². The average molecular weight is 212 g/mol. The van der Waals surface area contributed by atoms with Gasteiger partial charge in [0.15, 0.2) is 0 Å². The van der Waals surface area contributed by atoms with E-state index in [9.17, 15) is 0 Å². The van der Waals surface area contributed by atoms with E-state index in [0.717, 1.165) is 18.5 Å². The highest BCUT2D eigenvalue weighted by Gasteiger charge is 2.22. The van der Waals surface area contributed by atoms with E-state index in [2.05, 4.69) is 18.7 Å². The van der Waals surface area contributed by atoms with Crippen LogP contribution in [0.25, 0.3) is 0 Å². The fraction of sp³-hybridized carbons (Fsp3) is 1.00. The number of nitrogens with zero attached hydrogens (tertiary/aromatic N) is 1. The third-order valence-electron chi connectivity index (χ3n) is 3.34. The van der Waals surface area contributed by atoms with E-state index >= 15 is 0 Å². The van der Waals surface area contributed by atoms with Gasteiger partial charge in [-0.1, -0.05) is 26.7 Å². The van der Waals surface area contributed by atoms with E-state index in [1.54, 1.807) is 0 Å². The van der Waals surface area contributed by atoms with E-state index in [-0.39, 0.29) is 0 Å². The molecule has 0 heterocycles. The molecule has 0 amide bonds. The highest BCUT2D eigenvalue weighted by Crippen LogP contribution is 2.24. The molecule has 0 aromatic carbocycles. The summed E-state index contributed by atoms with van der Waals surface area (Å²) in [6, 6.07) is 0.880. The maximum absolute atomic E-state index is 5.55. The Morgan fingerprint density at radius 2 is 1.87 bits per heavy atom. The van der Waals surface area contributed by atoms with Gasteiger partial charge < -0.3 is 10.6 Å². The van der Waals surface area contributed by atoms with Crippen molar-refractivity contribution in [3.8, 4) is 0 Å². The molecule has 1 aliphatic rings. The quantitative estimate of drug-likeness (QED) is 0.657. The van der Waals surface area contributed by atoms with Crippen LogP contribution >= 0.6 is 0 Å². The molecule has 1 rings (SSSR count). The molecule has 0 aromatic heterocycles. The lowest BCUT2D eigenvalue weighted by Crippen LogP contribution is -2.37. The van der Waals surface area contributed by atoms with Crippen LogP contribution in [0.2, 0.25) is 0 Å². The Balaban J connectivity index is 2.30. The fourth-order valence-corrected chi connectivity index (χ4v) is 2.62. The smallest absolute Gasteiger partial charge is 0.00953 e. The first-order valence-electron chi connectivity index (χ1n) is 6.68. The topological polar surface area (TPSA) is 29.3 Å². The molecular weight excluding hydrogens is 184 g/mol. The van der Waals surface area contributed by atoms with Crippen LogP contribution in [0, 0.1) is 5.92 Å². The van der Waals surface area contributed by atoms with Crippen molar-refractivity contribution in [3.05, 3.63) is 0 Å². The Bertz CT molecular complexity index is 151. The molecule has 1 fully saturated rings. The predicted molar refractivity (Wildman–Crippen MR) is 67.0 cm³/mol. The molecule has 0 spiro atoms. The molecule has 2 nitrogen and oxygen atoms in total. The molecule has 15 heavy (non-hydrogen) atoms. The molecule has 0 unspecified atom stereocenters. The maximum atomic E-state index is 5.55. The zero-order chi connectivity index (χ0) is 11.1. The Hall–Kier alpha value is -0.0800. The highest BCUT2D eigenvalue weighted by atomic mass is 15.2. The van der Waals surface area contributed by atoms with Gasteiger partial charge in [-0.05, 0) is 44.7 Å². The van der Waals surface area contributed by atoms with Crippen LogP contribution in [0.3, 0.4) is 0 Å². The highest BCUT2D eigenvalue weighted by molar-refractivity contribution is 4.78. The lowest BCUT2D eigenvalue weighted by Gasteiger charge is -2.30. The predicted octanol–water partition coefficient (Wildman–Crippen LogP) is 2.63. The summed E-state index contributed by atoms with van der Waals surface area (Å²) in [6.07, 6.45) is 8.19. The molecule has 0 radical (unpaired) electrons. The van der Waals surface area contributed by atoms with Crippen molar-refractivity contribution in [2.75, 3.05) is 19.6 Å². The molecule has 2 heteroatoms. The van der Waals surface area contributed by atoms with Crippen LogP contribution < -0.4 is 5.73 Å². The molecular formula is C13H28N2. The van der Waals surface area contributed by atoms with Crippen molar-refractivity contribution in [2.45, 2.75) is 58.4 Å². The SMILES string of the molecule is CC(C)CN(CCCCN)C1CCCC1. The summed E-state index contributed by atoms with van der Waals surface area (Å²) >= 11 is 0. The largest absolute Gasteiger partial charge is 0.330 e. The van der Waals surface area contributed by atoms with E-state index < -0.39 is 0 Å². The van der Waals surface area contributed by atoms with Crippen LogP contribution in [0.5, 0.6) is 0 Å². The number of hydrogen-bond acceptors (Lipinski definition) is 2. The average Bonchev–Trinajstić information content (AvgIpc) is 2.68. The molecule has 1 aliphatic carbocycles. The summed E-state index contributed by atoms with van der Waals surface area (Å²) in [6.45, 7) is 8.03. The molecule has 90 valence electrons. The summed E-state index contributed by atoms with van der Waals surface area (Å²) in [5.41, 5.74) is 5.55. The minimum Gasteiger partial charge on any atom is -0.330 e. The zero-order valence-corrected chi connectivity index (χ0v) is 10.5. The first kappa shape index (κ1) is 13.0. The molecule has 0 aromatic rings. The second kappa shape index (κ2) is 7.24. The fourth-order valence-electron chi connectivity index (χ4n) is 2.62. The maximum Gasteiger partial charge on any atom is 0.00953 e. The van der Waals surface area contributed by atoms with Gasteiger partial charge in [0.1, 0.15) is 0 Å². The minimum atomic E-state index is 0.795. The van der Waals surface area contributed by atoms with E-state index in [1.807, 2.05) is 0 Å². The van der Waals surface area contributed by atoms with E-state index in [0.29, 0.717) is 0 Å². The molecule has 0 aliphatic heterocycles. The van der Waals surface area contributed by atoms with Crippen LogP contribution in [0.15, 0.2) is 0 Å². The second-order valence-corrected chi connectivity index (χ2v) is 5.32. The molecule has 2 N–H and O–H groups in total. The van der Waals surface area contributed by atoms with Crippen molar-refractivity contribution in [3.63, 3.8) is 0 Å². The van der Waals surface area contributed by atoms with Crippen molar-refractivity contribution >= 4 is 0 Å². The van der Waals surface area contributed by atoms with Gasteiger partial charge in [-0.3, -0.25) is 0 Å². The van der Waals surface area contributed by atoms with Gasteiger partial charge in [-0.15, -0.1) is 0 Å². The molecule has 1 saturated carbocycles. The van der Waals surface area contributed by atoms with Gasteiger partial charge in [-0.2, -0.15) is 0 Å². The third-order valence-corrected chi connectivity index (χ3v) is 3.34. The standard InChI is InChI=1S/C13H28N2/c1-12(2)11-15(10-6-5-9-14)13-7-3-4-8-13/h12-13H,3-11,14H2,1-2H3. The summed E-state index contributed by atoms with van der Waals surface area (Å²) in [5.74, 6) is 0.795. The van der Waals surface area contributed by atoms with E-state index in [1.165, 1.54) is 51.6 Å². The second-order valence-electron chi connectivity index (χ2n) is 5.32. The Kier molecular flexibility index (Phi) is 6.26. The lowest BCUT2D eigenvalue weighted by molar-refractivity contribution is 0.174. The van der Waals surface area contributed by atoms with Gasteiger partial charge in [0.05, 0.1) is 0 Å². The Labute approximate surface area is 95.2 Å². The zero-order valence-electron chi connectivity index (χ0n) is 10.5. The summed E-state index contributed by atoms with van der Waals surface area (Å²) < 4.78 is 0.